The summed E-state index contributed by atoms with van der Waals surface area (Å²) in [6.45, 7) is 12.7. The molecule has 0 saturated heterocycles. The Morgan fingerprint density at radius 2 is 1.65 bits per heavy atom. The van der Waals surface area contributed by atoms with Crippen LogP contribution < -0.4 is 4.74 Å². The summed E-state index contributed by atoms with van der Waals surface area (Å²) in [6.07, 6.45) is 0. The Morgan fingerprint density at radius 1 is 0.971 bits per heavy atom. The van der Waals surface area contributed by atoms with Gasteiger partial charge in [0, 0.05) is 11.6 Å². The second kappa shape index (κ2) is 9.34. The van der Waals surface area contributed by atoms with E-state index in [-0.39, 0.29) is 11.9 Å². The number of rotatable bonds is 6. The third-order valence-electron chi connectivity index (χ3n) is 6.36. The van der Waals surface area contributed by atoms with Crippen LogP contribution in [0.2, 0.25) is 0 Å². The molecule has 0 saturated carbocycles. The van der Waals surface area contributed by atoms with Crippen molar-refractivity contribution in [2.45, 2.75) is 54.1 Å². The van der Waals surface area contributed by atoms with Crippen molar-refractivity contribution in [3.8, 4) is 11.4 Å². The number of hydrogen-bond acceptors (Lipinski definition) is 3. The molecule has 1 heterocycles. The average molecular weight is 456 g/mol. The molecule has 34 heavy (non-hydrogen) atoms. The molecular formula is C29H33N3O2. The van der Waals surface area contributed by atoms with Gasteiger partial charge in [-0.1, -0.05) is 29.8 Å². The third kappa shape index (κ3) is 4.30. The Hall–Kier alpha value is -3.60. The molecule has 4 rings (SSSR count). The normalized spacial score (nSPS) is 11.3. The molecule has 4 aromatic rings. The van der Waals surface area contributed by atoms with Crippen LogP contribution in [0.25, 0.3) is 16.7 Å². The fourth-order valence-corrected chi connectivity index (χ4v) is 4.76. The molecule has 1 aromatic heterocycles. The van der Waals surface area contributed by atoms with Gasteiger partial charge in [-0.2, -0.15) is 0 Å². The van der Waals surface area contributed by atoms with Crippen molar-refractivity contribution < 1.29 is 9.53 Å². The number of nitrogens with zero attached hydrogens (tertiary/aromatic N) is 3. The maximum atomic E-state index is 13.8. The fraction of sp³-hybridized carbons (Fsp3) is 0.310. The monoisotopic (exact) mass is 455 g/mol. The first-order valence-corrected chi connectivity index (χ1v) is 11.7. The van der Waals surface area contributed by atoms with E-state index in [1.807, 2.05) is 49.1 Å². The van der Waals surface area contributed by atoms with E-state index in [9.17, 15) is 4.79 Å². The number of ether oxygens (including phenoxy) is 1. The van der Waals surface area contributed by atoms with E-state index in [4.69, 9.17) is 9.72 Å². The zero-order valence-corrected chi connectivity index (χ0v) is 21.1. The van der Waals surface area contributed by atoms with Crippen LogP contribution >= 0.6 is 0 Å². The lowest BCUT2D eigenvalue weighted by molar-refractivity contribution is 0.0683. The van der Waals surface area contributed by atoms with Gasteiger partial charge in [-0.05, 0) is 88.6 Å². The van der Waals surface area contributed by atoms with E-state index in [1.54, 1.807) is 7.11 Å². The first-order chi connectivity index (χ1) is 16.2. The van der Waals surface area contributed by atoms with E-state index in [0.29, 0.717) is 6.54 Å². The summed E-state index contributed by atoms with van der Waals surface area (Å²) in [5.74, 6) is 1.69. The summed E-state index contributed by atoms with van der Waals surface area (Å²) >= 11 is 0. The van der Waals surface area contributed by atoms with Crippen LogP contribution in [-0.2, 0) is 6.54 Å². The smallest absolute Gasteiger partial charge is 0.255 e. The Kier molecular flexibility index (Phi) is 6.47. The van der Waals surface area contributed by atoms with Gasteiger partial charge in [0.05, 0.1) is 30.4 Å². The number of aromatic nitrogens is 2. The summed E-state index contributed by atoms with van der Waals surface area (Å²) in [6, 6.07) is 18.3. The number of aryl methyl sites for hydroxylation is 4. The van der Waals surface area contributed by atoms with Crippen molar-refractivity contribution in [3.63, 3.8) is 0 Å². The molecule has 0 unspecified atom stereocenters. The molecule has 1 amide bonds. The molecule has 0 aliphatic carbocycles. The number of para-hydroxylation sites is 2. The molecule has 0 N–H and O–H groups in total. The molecule has 0 spiro atoms. The van der Waals surface area contributed by atoms with Gasteiger partial charge in [-0.3, -0.25) is 9.36 Å². The standard InChI is InChI=1S/C29H33N3O2/c1-18(2)31(29(33)28-21(5)14-19(3)15-22(28)6)17-27-30-24-10-8-9-11-26(24)32(27)25-13-12-23(34-7)16-20(25)4/h8-16,18H,17H2,1-7H3. The molecule has 0 aliphatic rings. The van der Waals surface area contributed by atoms with E-state index < -0.39 is 0 Å². The summed E-state index contributed by atoms with van der Waals surface area (Å²) < 4.78 is 7.58. The molecule has 0 aliphatic heterocycles. The predicted molar refractivity (Wildman–Crippen MR) is 138 cm³/mol. The molecule has 176 valence electrons. The van der Waals surface area contributed by atoms with Crippen molar-refractivity contribution in [3.05, 3.63) is 88.2 Å². The average Bonchev–Trinajstić information content (AvgIpc) is 3.14. The highest BCUT2D eigenvalue weighted by molar-refractivity contribution is 5.97. The van der Waals surface area contributed by atoms with E-state index >= 15 is 0 Å². The molecule has 3 aromatic carbocycles. The van der Waals surface area contributed by atoms with Crippen LogP contribution in [0.1, 0.15) is 52.3 Å². The lowest BCUT2D eigenvalue weighted by Crippen LogP contribution is -2.38. The minimum Gasteiger partial charge on any atom is -0.497 e. The number of amides is 1. The summed E-state index contributed by atoms with van der Waals surface area (Å²) in [4.78, 5) is 20.7. The van der Waals surface area contributed by atoms with Crippen molar-refractivity contribution >= 4 is 16.9 Å². The molecule has 0 radical (unpaired) electrons. The molecule has 5 nitrogen and oxygen atoms in total. The molecular weight excluding hydrogens is 422 g/mol. The first-order valence-electron chi connectivity index (χ1n) is 11.7. The summed E-state index contributed by atoms with van der Waals surface area (Å²) in [7, 11) is 1.67. The number of methoxy groups -OCH3 is 1. The largest absolute Gasteiger partial charge is 0.497 e. The SMILES string of the molecule is COc1ccc(-n2c(CN(C(=O)c3c(C)cc(C)cc3C)C(C)C)nc3ccccc32)c(C)c1. The summed E-state index contributed by atoms with van der Waals surface area (Å²) in [5.41, 5.74) is 8.00. The maximum Gasteiger partial charge on any atom is 0.255 e. The zero-order chi connectivity index (χ0) is 24.6. The van der Waals surface area contributed by atoms with Crippen LogP contribution in [-0.4, -0.2) is 33.5 Å². The molecule has 5 heteroatoms. The molecule has 0 fully saturated rings. The van der Waals surface area contributed by atoms with Crippen LogP contribution in [0.15, 0.2) is 54.6 Å². The van der Waals surface area contributed by atoms with Crippen LogP contribution in [0.5, 0.6) is 5.75 Å². The highest BCUT2D eigenvalue weighted by Crippen LogP contribution is 2.28. The number of fused-ring (bicyclic) bond motifs is 1. The maximum absolute atomic E-state index is 13.8. The van der Waals surface area contributed by atoms with Crippen LogP contribution in [0.3, 0.4) is 0 Å². The van der Waals surface area contributed by atoms with Gasteiger partial charge in [-0.25, -0.2) is 4.98 Å². The third-order valence-corrected chi connectivity index (χ3v) is 6.36. The minimum atomic E-state index is 0.0119. The van der Waals surface area contributed by atoms with E-state index in [1.165, 1.54) is 5.56 Å². The second-order valence-electron chi connectivity index (χ2n) is 9.31. The van der Waals surface area contributed by atoms with Crippen molar-refractivity contribution in [1.29, 1.82) is 0 Å². The quantitative estimate of drug-likeness (QED) is 0.342. The summed E-state index contributed by atoms with van der Waals surface area (Å²) in [5, 5.41) is 0. The molecule has 0 atom stereocenters. The Morgan fingerprint density at radius 3 is 2.26 bits per heavy atom. The number of imidazole rings is 1. The number of carbonyl (C=O) groups is 1. The zero-order valence-electron chi connectivity index (χ0n) is 21.1. The van der Waals surface area contributed by atoms with Crippen molar-refractivity contribution in [2.24, 2.45) is 0 Å². The van der Waals surface area contributed by atoms with Crippen LogP contribution in [0, 0.1) is 27.7 Å². The number of benzene rings is 3. The molecule has 0 bridgehead atoms. The topological polar surface area (TPSA) is 47.4 Å². The Balaban J connectivity index is 1.84. The van der Waals surface area contributed by atoms with E-state index in [0.717, 1.165) is 50.5 Å². The van der Waals surface area contributed by atoms with E-state index in [2.05, 4.69) is 56.5 Å². The van der Waals surface area contributed by atoms with Gasteiger partial charge in [0.2, 0.25) is 0 Å². The van der Waals surface area contributed by atoms with Gasteiger partial charge in [-0.15, -0.1) is 0 Å². The lowest BCUT2D eigenvalue weighted by atomic mass is 9.98. The van der Waals surface area contributed by atoms with Crippen molar-refractivity contribution in [1.82, 2.24) is 14.5 Å². The van der Waals surface area contributed by atoms with Gasteiger partial charge < -0.3 is 9.64 Å². The van der Waals surface area contributed by atoms with Gasteiger partial charge in [0.1, 0.15) is 11.6 Å². The van der Waals surface area contributed by atoms with Gasteiger partial charge >= 0.3 is 0 Å². The second-order valence-corrected chi connectivity index (χ2v) is 9.31. The first kappa shape index (κ1) is 23.6. The lowest BCUT2D eigenvalue weighted by Gasteiger charge is -2.28. The van der Waals surface area contributed by atoms with Crippen molar-refractivity contribution in [2.75, 3.05) is 7.11 Å². The van der Waals surface area contributed by atoms with Crippen LogP contribution in [0.4, 0.5) is 0 Å². The highest BCUT2D eigenvalue weighted by atomic mass is 16.5. The van der Waals surface area contributed by atoms with Gasteiger partial charge in [0.15, 0.2) is 0 Å². The Bertz CT molecular complexity index is 1340. The van der Waals surface area contributed by atoms with Gasteiger partial charge in [0.25, 0.3) is 5.91 Å². The number of carbonyl (C=O) groups excluding carboxylic acids is 1. The highest BCUT2D eigenvalue weighted by Gasteiger charge is 2.25. The predicted octanol–water partition coefficient (Wildman–Crippen LogP) is 6.32. The number of hydrogen-bond donors (Lipinski definition) is 0. The minimum absolute atomic E-state index is 0.0119. The fourth-order valence-electron chi connectivity index (χ4n) is 4.76. The Labute approximate surface area is 202 Å².